The Balaban J connectivity index is 1.93. The number of halogens is 1. The van der Waals surface area contributed by atoms with E-state index in [1.54, 1.807) is 18.2 Å². The lowest BCUT2D eigenvalue weighted by atomic mass is 10.3. The molecule has 110 valence electrons. The molecule has 1 aromatic rings. The van der Waals surface area contributed by atoms with Gasteiger partial charge < -0.3 is 15.8 Å². The van der Waals surface area contributed by atoms with Gasteiger partial charge in [0, 0.05) is 23.1 Å². The van der Waals surface area contributed by atoms with Crippen LogP contribution in [0, 0.1) is 0 Å². The summed E-state index contributed by atoms with van der Waals surface area (Å²) in [5, 5.41) is 2.93. The van der Waals surface area contributed by atoms with E-state index in [9.17, 15) is 9.00 Å². The summed E-state index contributed by atoms with van der Waals surface area (Å²) in [5.74, 6) is -0.381. The molecule has 1 amide bonds. The van der Waals surface area contributed by atoms with Crippen molar-refractivity contribution in [2.24, 2.45) is 0 Å². The molecule has 0 bridgehead atoms. The molecular formula is C13H17ClN2O3S. The van der Waals surface area contributed by atoms with Crippen LogP contribution in [0.15, 0.2) is 18.2 Å². The fraction of sp³-hybridized carbons (Fsp3) is 0.462. The zero-order valence-electron chi connectivity index (χ0n) is 11.1. The first kappa shape index (κ1) is 15.3. The van der Waals surface area contributed by atoms with E-state index in [4.69, 9.17) is 22.1 Å². The van der Waals surface area contributed by atoms with Gasteiger partial charge in [0.25, 0.3) is 0 Å². The Morgan fingerprint density at radius 1 is 1.60 bits per heavy atom. The van der Waals surface area contributed by atoms with Crippen LogP contribution in [0.3, 0.4) is 0 Å². The average molecular weight is 317 g/mol. The monoisotopic (exact) mass is 316 g/mol. The fourth-order valence-electron chi connectivity index (χ4n) is 2.11. The molecule has 7 heteroatoms. The number of hydrogen-bond donors (Lipinski definition) is 2. The van der Waals surface area contributed by atoms with E-state index in [0.29, 0.717) is 23.0 Å². The average Bonchev–Trinajstić information content (AvgIpc) is 2.79. The van der Waals surface area contributed by atoms with Gasteiger partial charge in [-0.3, -0.25) is 9.00 Å². The smallest absolute Gasteiger partial charge is 0.237 e. The number of nitrogen functional groups attached to an aromatic ring is 1. The van der Waals surface area contributed by atoms with Gasteiger partial charge in [0.15, 0.2) is 0 Å². The lowest BCUT2D eigenvalue weighted by Crippen LogP contribution is -2.30. The molecule has 1 aliphatic heterocycles. The molecule has 0 aliphatic carbocycles. The van der Waals surface area contributed by atoms with Gasteiger partial charge >= 0.3 is 0 Å². The molecule has 3 atom stereocenters. The van der Waals surface area contributed by atoms with E-state index in [2.05, 4.69) is 5.32 Å². The third-order valence-electron chi connectivity index (χ3n) is 3.18. The van der Waals surface area contributed by atoms with Crippen molar-refractivity contribution in [1.82, 2.24) is 0 Å². The van der Waals surface area contributed by atoms with Gasteiger partial charge in [-0.25, -0.2) is 0 Å². The molecular weight excluding hydrogens is 300 g/mol. The maximum atomic E-state index is 12.1. The van der Waals surface area contributed by atoms with Crippen molar-refractivity contribution in [2.45, 2.75) is 24.7 Å². The van der Waals surface area contributed by atoms with E-state index in [0.717, 1.165) is 6.42 Å². The summed E-state index contributed by atoms with van der Waals surface area (Å²) in [4.78, 5) is 11.9. The number of amides is 1. The van der Waals surface area contributed by atoms with Crippen molar-refractivity contribution in [3.05, 3.63) is 23.2 Å². The Labute approximate surface area is 125 Å². The summed E-state index contributed by atoms with van der Waals surface area (Å²) >= 11 is 5.97. The number of ether oxygens (including phenoxy) is 1. The number of carbonyl (C=O) groups is 1. The number of anilines is 2. The lowest BCUT2D eigenvalue weighted by molar-refractivity contribution is -0.113. The van der Waals surface area contributed by atoms with Crippen molar-refractivity contribution in [2.75, 3.05) is 23.4 Å². The van der Waals surface area contributed by atoms with Crippen molar-refractivity contribution in [1.29, 1.82) is 0 Å². The third kappa shape index (κ3) is 3.71. The lowest BCUT2D eigenvalue weighted by Gasteiger charge is -2.14. The third-order valence-corrected chi connectivity index (χ3v) is 5.34. The van der Waals surface area contributed by atoms with Crippen molar-refractivity contribution < 1.29 is 13.7 Å². The minimum Gasteiger partial charge on any atom is -0.399 e. The van der Waals surface area contributed by atoms with Crippen molar-refractivity contribution >= 4 is 39.7 Å². The van der Waals surface area contributed by atoms with Crippen LogP contribution in [0.2, 0.25) is 5.02 Å². The summed E-state index contributed by atoms with van der Waals surface area (Å²) in [6.45, 7) is 2.48. The maximum Gasteiger partial charge on any atom is 0.237 e. The molecule has 1 saturated heterocycles. The molecule has 0 aromatic heterocycles. The Hall–Kier alpha value is -1.11. The number of benzene rings is 1. The molecule has 1 aliphatic rings. The van der Waals surface area contributed by atoms with Crippen LogP contribution in [0.5, 0.6) is 0 Å². The number of carbonyl (C=O) groups excluding carboxylic acids is 1. The Morgan fingerprint density at radius 3 is 2.95 bits per heavy atom. The predicted molar refractivity (Wildman–Crippen MR) is 81.3 cm³/mol. The first-order chi connectivity index (χ1) is 9.47. The molecule has 5 nitrogen and oxygen atoms in total. The first-order valence-electron chi connectivity index (χ1n) is 6.31. The van der Waals surface area contributed by atoms with E-state index < -0.39 is 10.8 Å². The van der Waals surface area contributed by atoms with Crippen LogP contribution < -0.4 is 11.1 Å². The molecule has 20 heavy (non-hydrogen) atoms. The quantitative estimate of drug-likeness (QED) is 0.830. The van der Waals surface area contributed by atoms with Gasteiger partial charge in [0.2, 0.25) is 5.91 Å². The van der Waals surface area contributed by atoms with E-state index in [-0.39, 0.29) is 23.0 Å². The minimum absolute atomic E-state index is 0.0565. The van der Waals surface area contributed by atoms with Crippen LogP contribution in [0.1, 0.15) is 13.3 Å². The highest BCUT2D eigenvalue weighted by Gasteiger charge is 2.30. The normalized spacial score (nSPS) is 23.5. The number of nitrogens with one attached hydrogen (secondary N) is 1. The zero-order valence-corrected chi connectivity index (χ0v) is 12.7. The molecule has 2 rings (SSSR count). The Kier molecular flexibility index (Phi) is 5.01. The maximum absolute atomic E-state index is 12.1. The predicted octanol–water partition coefficient (Wildman–Crippen LogP) is 1.79. The highest BCUT2D eigenvalue weighted by atomic mass is 35.5. The molecule has 3 N–H and O–H groups in total. The number of hydrogen-bond acceptors (Lipinski definition) is 4. The molecule has 0 spiro atoms. The molecule has 0 radical (unpaired) electrons. The van der Waals surface area contributed by atoms with Crippen LogP contribution in [0.4, 0.5) is 11.4 Å². The number of rotatable bonds is 4. The standard InChI is InChI=1S/C13H17ClN2O3S/c1-8-12(4-5-19-8)20(18)7-13(17)16-11-3-2-9(15)6-10(11)14/h2-3,6,8,12H,4-5,7,15H2,1H3,(H,16,17). The van der Waals surface area contributed by atoms with Gasteiger partial charge in [0.1, 0.15) is 5.75 Å². The molecule has 1 heterocycles. The SMILES string of the molecule is CC1OCCC1S(=O)CC(=O)Nc1ccc(N)cc1Cl. The van der Waals surface area contributed by atoms with Crippen LogP contribution in [-0.4, -0.2) is 33.8 Å². The molecule has 0 saturated carbocycles. The second-order valence-corrected chi connectivity index (χ2v) is 6.78. The first-order valence-corrected chi connectivity index (χ1v) is 8.07. The second-order valence-electron chi connectivity index (χ2n) is 4.72. The summed E-state index contributed by atoms with van der Waals surface area (Å²) in [6.07, 6.45) is 0.660. The van der Waals surface area contributed by atoms with E-state index in [1.807, 2.05) is 6.92 Å². The molecule has 1 aromatic carbocycles. The van der Waals surface area contributed by atoms with Gasteiger partial charge in [0.05, 0.1) is 22.1 Å². The highest BCUT2D eigenvalue weighted by Crippen LogP contribution is 2.24. The summed E-state index contributed by atoms with van der Waals surface area (Å²) in [5.41, 5.74) is 6.57. The topological polar surface area (TPSA) is 81.4 Å². The van der Waals surface area contributed by atoms with Gasteiger partial charge in [-0.05, 0) is 31.5 Å². The van der Waals surface area contributed by atoms with E-state index >= 15 is 0 Å². The van der Waals surface area contributed by atoms with Crippen LogP contribution in [0.25, 0.3) is 0 Å². The van der Waals surface area contributed by atoms with Gasteiger partial charge in [-0.15, -0.1) is 0 Å². The molecule has 3 unspecified atom stereocenters. The van der Waals surface area contributed by atoms with Gasteiger partial charge in [-0.1, -0.05) is 11.6 Å². The summed E-state index contributed by atoms with van der Waals surface area (Å²) in [6, 6.07) is 4.83. The van der Waals surface area contributed by atoms with Crippen LogP contribution >= 0.6 is 11.6 Å². The van der Waals surface area contributed by atoms with E-state index in [1.165, 1.54) is 0 Å². The minimum atomic E-state index is -1.25. The van der Waals surface area contributed by atoms with Crippen LogP contribution in [-0.2, 0) is 20.3 Å². The Morgan fingerprint density at radius 2 is 2.35 bits per heavy atom. The van der Waals surface area contributed by atoms with Crippen molar-refractivity contribution in [3.8, 4) is 0 Å². The molecule has 1 fully saturated rings. The summed E-state index contributed by atoms with van der Waals surface area (Å²) < 4.78 is 17.5. The highest BCUT2D eigenvalue weighted by molar-refractivity contribution is 7.86. The fourth-order valence-corrected chi connectivity index (χ4v) is 3.76. The largest absolute Gasteiger partial charge is 0.399 e. The number of nitrogens with two attached hydrogens (primary N) is 1. The van der Waals surface area contributed by atoms with Crippen molar-refractivity contribution in [3.63, 3.8) is 0 Å². The second kappa shape index (κ2) is 6.56. The zero-order chi connectivity index (χ0) is 14.7. The van der Waals surface area contributed by atoms with Gasteiger partial charge in [-0.2, -0.15) is 0 Å². The summed E-state index contributed by atoms with van der Waals surface area (Å²) in [7, 11) is -1.25. The Bertz CT molecular complexity index is 538.